The standard InChI is InChI=1S/C18H12N3O5S2/c22-17-16(9-11-2-1-3-14(8-11)21(25)26)28-18-19(17)15(10-27-18)12-4-6-13(7-5-12)20(23)24/h1-10,23-24H/q-1/b16-9+. The lowest BCUT2D eigenvalue weighted by Gasteiger charge is -2.37. The van der Waals surface area contributed by atoms with Gasteiger partial charge < -0.3 is 15.6 Å². The van der Waals surface area contributed by atoms with Crippen molar-refractivity contribution in [1.29, 1.82) is 0 Å². The molecule has 28 heavy (non-hydrogen) atoms. The van der Waals surface area contributed by atoms with E-state index in [9.17, 15) is 15.2 Å². The first-order valence-corrected chi connectivity index (χ1v) is 9.64. The van der Waals surface area contributed by atoms with Crippen molar-refractivity contribution in [3.63, 3.8) is 0 Å². The number of thioether (sulfide) groups is 1. The quantitative estimate of drug-likeness (QED) is 0.376. The molecule has 2 aromatic carbocycles. The number of carbonyl (C=O) groups is 1. The molecule has 0 aliphatic carbocycles. The number of nitrogens with zero attached hydrogens (tertiary/aromatic N) is 3. The van der Waals surface area contributed by atoms with Crippen LogP contribution in [0.15, 0.2) is 63.2 Å². The summed E-state index contributed by atoms with van der Waals surface area (Å²) >= 11 is 2.73. The summed E-state index contributed by atoms with van der Waals surface area (Å²) in [5.74, 6) is -0.210. The number of allylic oxidation sites excluding steroid dienone is 1. The molecule has 0 spiro atoms. The van der Waals surface area contributed by atoms with E-state index >= 15 is 0 Å². The van der Waals surface area contributed by atoms with Gasteiger partial charge in [0.2, 0.25) is 5.69 Å². The second-order valence-corrected chi connectivity index (χ2v) is 7.97. The van der Waals surface area contributed by atoms with E-state index in [1.54, 1.807) is 34.9 Å². The van der Waals surface area contributed by atoms with Gasteiger partial charge in [-0.1, -0.05) is 23.5 Å². The van der Waals surface area contributed by atoms with Crippen molar-refractivity contribution in [3.05, 3.63) is 74.8 Å². The topological polar surface area (TPSA) is 114 Å². The molecule has 142 valence electrons. The average Bonchev–Trinajstić information content (AvgIpc) is 3.23. The molecule has 0 atom stereocenters. The molecule has 1 aromatic heterocycles. The van der Waals surface area contributed by atoms with Crippen LogP contribution in [0.5, 0.6) is 0 Å². The van der Waals surface area contributed by atoms with Gasteiger partial charge in [-0.25, -0.2) is 4.79 Å². The van der Waals surface area contributed by atoms with Gasteiger partial charge in [0.15, 0.2) is 0 Å². The monoisotopic (exact) mass is 414 g/mol. The van der Waals surface area contributed by atoms with E-state index in [2.05, 4.69) is 0 Å². The van der Waals surface area contributed by atoms with Gasteiger partial charge in [0.25, 0.3) is 0 Å². The Morgan fingerprint density at radius 2 is 1.79 bits per heavy atom. The molecule has 8 nitrogen and oxygen atoms in total. The summed E-state index contributed by atoms with van der Waals surface area (Å²) in [6.07, 6.45) is 1.64. The Morgan fingerprint density at radius 3 is 2.46 bits per heavy atom. The number of benzene rings is 2. The average molecular weight is 414 g/mol. The SMILES string of the molecule is O=C1/C(=C\c2cccc(N([O-])[O-])c2)Sc2scc(-c3ccc(N(O)O)cc3)[n+]21. The van der Waals surface area contributed by atoms with Gasteiger partial charge >= 0.3 is 10.2 Å². The number of aromatic nitrogens is 1. The molecule has 0 saturated heterocycles. The predicted molar refractivity (Wildman–Crippen MR) is 106 cm³/mol. The molecule has 0 saturated carbocycles. The van der Waals surface area contributed by atoms with Crippen LogP contribution in [-0.4, -0.2) is 16.3 Å². The highest BCUT2D eigenvalue weighted by molar-refractivity contribution is 8.05. The third-order valence-corrected chi connectivity index (χ3v) is 6.21. The lowest BCUT2D eigenvalue weighted by atomic mass is 10.1. The summed E-state index contributed by atoms with van der Waals surface area (Å²) in [5, 5.41) is 41.4. The lowest BCUT2D eigenvalue weighted by Crippen LogP contribution is -2.40. The summed E-state index contributed by atoms with van der Waals surface area (Å²) in [6, 6.07) is 12.5. The van der Waals surface area contributed by atoms with Crippen LogP contribution >= 0.6 is 23.1 Å². The van der Waals surface area contributed by atoms with Crippen molar-refractivity contribution in [1.82, 2.24) is 0 Å². The van der Waals surface area contributed by atoms with Gasteiger partial charge in [-0.3, -0.25) is 10.4 Å². The summed E-state index contributed by atoms with van der Waals surface area (Å²) in [6.45, 7) is 0. The molecule has 0 amide bonds. The molecule has 2 N–H and O–H groups in total. The van der Waals surface area contributed by atoms with E-state index in [-0.39, 0.29) is 22.5 Å². The maximum absolute atomic E-state index is 12.9. The van der Waals surface area contributed by atoms with E-state index < -0.39 is 5.23 Å². The van der Waals surface area contributed by atoms with Gasteiger partial charge in [0.1, 0.15) is 4.91 Å². The van der Waals surface area contributed by atoms with E-state index in [0.29, 0.717) is 16.2 Å². The van der Waals surface area contributed by atoms with Gasteiger partial charge in [0, 0.05) is 23.0 Å². The number of carbonyl (C=O) groups excluding carboxylic acids is 1. The van der Waals surface area contributed by atoms with Crippen LogP contribution < -0.4 is 15.0 Å². The predicted octanol–water partition coefficient (Wildman–Crippen LogP) is 3.88. The van der Waals surface area contributed by atoms with Crippen LogP contribution in [0.3, 0.4) is 0 Å². The van der Waals surface area contributed by atoms with E-state index in [4.69, 9.17) is 10.4 Å². The van der Waals surface area contributed by atoms with Crippen molar-refractivity contribution in [2.45, 2.75) is 4.34 Å². The first-order valence-electron chi connectivity index (χ1n) is 7.94. The van der Waals surface area contributed by atoms with E-state index in [1.165, 1.54) is 47.4 Å². The lowest BCUT2D eigenvalue weighted by molar-refractivity contribution is -0.588. The van der Waals surface area contributed by atoms with Crippen molar-refractivity contribution >= 4 is 46.5 Å². The van der Waals surface area contributed by atoms with Crippen LogP contribution in [0.1, 0.15) is 10.4 Å². The Hall–Kier alpha value is -2.73. The maximum Gasteiger partial charge on any atom is 0.433 e. The van der Waals surface area contributed by atoms with Crippen LogP contribution in [0.2, 0.25) is 0 Å². The highest BCUT2D eigenvalue weighted by atomic mass is 32.2. The second-order valence-electron chi connectivity index (χ2n) is 5.83. The number of anilines is 2. The molecular formula is C18H12N3O5S2-. The third-order valence-electron chi connectivity index (χ3n) is 4.08. The minimum atomic E-state index is -0.473. The number of hydrogen-bond acceptors (Lipinski definition) is 9. The zero-order valence-corrected chi connectivity index (χ0v) is 15.7. The summed E-state index contributed by atoms with van der Waals surface area (Å²) in [4.78, 5) is 13.4. The Kier molecular flexibility index (Phi) is 4.89. The molecule has 0 bridgehead atoms. The van der Waals surface area contributed by atoms with Crippen molar-refractivity contribution in [2.75, 3.05) is 10.5 Å². The Morgan fingerprint density at radius 1 is 1.04 bits per heavy atom. The van der Waals surface area contributed by atoms with E-state index in [1.807, 2.05) is 5.38 Å². The van der Waals surface area contributed by atoms with Crippen LogP contribution in [0.4, 0.5) is 11.4 Å². The fourth-order valence-electron chi connectivity index (χ4n) is 2.75. The van der Waals surface area contributed by atoms with Crippen LogP contribution in [-0.2, 0) is 0 Å². The van der Waals surface area contributed by atoms with Gasteiger partial charge in [0.05, 0.1) is 11.1 Å². The maximum atomic E-state index is 12.9. The first kappa shape index (κ1) is 18.6. The molecule has 4 rings (SSSR count). The van der Waals surface area contributed by atoms with Crippen molar-refractivity contribution in [3.8, 4) is 11.3 Å². The Bertz CT molecular complexity index is 1080. The molecule has 0 radical (unpaired) electrons. The molecule has 0 fully saturated rings. The minimum absolute atomic E-state index is 0.0237. The number of thiazole rings is 1. The Labute approximate surface area is 167 Å². The van der Waals surface area contributed by atoms with Gasteiger partial charge in [-0.2, -0.15) is 0 Å². The fraction of sp³-hybridized carbons (Fsp3) is 0. The number of hydrogen-bond donors (Lipinski definition) is 2. The molecule has 0 unspecified atom stereocenters. The Balaban J connectivity index is 1.66. The molecular weight excluding hydrogens is 402 g/mol. The summed E-state index contributed by atoms with van der Waals surface area (Å²) in [7, 11) is 0. The smallest absolute Gasteiger partial charge is 0.433 e. The second kappa shape index (κ2) is 7.36. The number of rotatable bonds is 4. The molecule has 10 heteroatoms. The fourth-order valence-corrected chi connectivity index (χ4v) is 4.93. The van der Waals surface area contributed by atoms with Crippen LogP contribution in [0.25, 0.3) is 17.3 Å². The minimum Gasteiger partial charge on any atom is -0.769 e. The zero-order chi connectivity index (χ0) is 19.8. The molecule has 3 aromatic rings. The third kappa shape index (κ3) is 3.40. The van der Waals surface area contributed by atoms with Crippen molar-refractivity contribution in [2.24, 2.45) is 0 Å². The zero-order valence-electron chi connectivity index (χ0n) is 14.1. The van der Waals surface area contributed by atoms with Gasteiger partial charge in [-0.05, 0) is 48.0 Å². The largest absolute Gasteiger partial charge is 0.769 e. The summed E-state index contributed by atoms with van der Waals surface area (Å²) in [5.41, 5.74) is 2.19. The highest BCUT2D eigenvalue weighted by Gasteiger charge is 2.40. The normalized spacial score (nSPS) is 14.4. The first-order chi connectivity index (χ1) is 13.4. The highest BCUT2D eigenvalue weighted by Crippen LogP contribution is 2.38. The molecule has 2 heterocycles. The summed E-state index contributed by atoms with van der Waals surface area (Å²) < 4.78 is 2.37. The van der Waals surface area contributed by atoms with E-state index in [0.717, 1.165) is 9.90 Å². The number of fused-ring (bicyclic) bond motifs is 1. The van der Waals surface area contributed by atoms with Crippen LogP contribution in [0, 0.1) is 10.4 Å². The molecule has 1 aliphatic heterocycles. The molecule has 1 aliphatic rings. The van der Waals surface area contributed by atoms with Gasteiger partial charge in [-0.15, -0.1) is 9.79 Å². The van der Waals surface area contributed by atoms with Crippen molar-refractivity contribution < 1.29 is 19.8 Å².